The summed E-state index contributed by atoms with van der Waals surface area (Å²) in [6, 6.07) is 9.08. The second-order valence-electron chi connectivity index (χ2n) is 6.26. The van der Waals surface area contributed by atoms with Crippen molar-refractivity contribution in [2.45, 2.75) is 25.3 Å². The molecule has 0 saturated carbocycles. The maximum atomic E-state index is 4.75. The Labute approximate surface area is 119 Å². The van der Waals surface area contributed by atoms with Crippen molar-refractivity contribution >= 4 is 17.0 Å². The maximum absolute atomic E-state index is 4.75. The Balaban J connectivity index is 1.57. The molecule has 0 bridgehead atoms. The molecular weight excluding hydrogens is 248 g/mol. The first kappa shape index (κ1) is 12.2. The summed E-state index contributed by atoms with van der Waals surface area (Å²) < 4.78 is 0. The summed E-state index contributed by atoms with van der Waals surface area (Å²) in [7, 11) is 2.29. The fraction of sp³-hybridized carbons (Fsp3) is 0.562. The Hall–Kier alpha value is -1.55. The van der Waals surface area contributed by atoms with Gasteiger partial charge in [-0.3, -0.25) is 0 Å². The number of benzene rings is 1. The van der Waals surface area contributed by atoms with Crippen LogP contribution in [0.5, 0.6) is 0 Å². The van der Waals surface area contributed by atoms with Gasteiger partial charge in [-0.15, -0.1) is 0 Å². The van der Waals surface area contributed by atoms with Crippen LogP contribution >= 0.6 is 0 Å². The molecule has 2 atom stereocenters. The van der Waals surface area contributed by atoms with Crippen molar-refractivity contribution in [2.75, 3.05) is 31.6 Å². The van der Waals surface area contributed by atoms with Crippen molar-refractivity contribution in [3.8, 4) is 0 Å². The van der Waals surface area contributed by atoms with E-state index in [1.165, 1.54) is 25.8 Å². The van der Waals surface area contributed by atoms with Gasteiger partial charge in [0, 0.05) is 19.1 Å². The van der Waals surface area contributed by atoms with Crippen LogP contribution in [0.25, 0.3) is 11.0 Å². The smallest absolute Gasteiger partial charge is 0.203 e. The van der Waals surface area contributed by atoms with Crippen molar-refractivity contribution in [1.82, 2.24) is 14.9 Å². The van der Waals surface area contributed by atoms with Crippen LogP contribution in [0, 0.1) is 5.92 Å². The molecule has 0 aliphatic carbocycles. The number of aromatic amines is 1. The molecule has 2 aliphatic rings. The predicted molar refractivity (Wildman–Crippen MR) is 82.1 cm³/mol. The average molecular weight is 270 g/mol. The Morgan fingerprint density at radius 1 is 1.20 bits per heavy atom. The number of anilines is 1. The van der Waals surface area contributed by atoms with E-state index in [9.17, 15) is 0 Å². The van der Waals surface area contributed by atoms with Crippen LogP contribution < -0.4 is 4.90 Å². The number of fused-ring (bicyclic) bond motifs is 2. The Bertz CT molecular complexity index is 572. The molecule has 2 aromatic rings. The summed E-state index contributed by atoms with van der Waals surface area (Å²) in [5.74, 6) is 1.86. The van der Waals surface area contributed by atoms with Crippen LogP contribution in [-0.4, -0.2) is 47.6 Å². The molecule has 2 saturated heterocycles. The molecule has 0 radical (unpaired) electrons. The van der Waals surface area contributed by atoms with Gasteiger partial charge in [0.1, 0.15) is 0 Å². The number of rotatable bonds is 1. The molecule has 1 aromatic heterocycles. The van der Waals surface area contributed by atoms with Gasteiger partial charge in [-0.25, -0.2) is 4.98 Å². The molecule has 2 aliphatic heterocycles. The molecular formula is C16H22N4. The zero-order chi connectivity index (χ0) is 13.5. The van der Waals surface area contributed by atoms with Gasteiger partial charge in [0.05, 0.1) is 11.0 Å². The van der Waals surface area contributed by atoms with E-state index in [1.807, 2.05) is 0 Å². The second kappa shape index (κ2) is 4.77. The van der Waals surface area contributed by atoms with Crippen LogP contribution in [-0.2, 0) is 0 Å². The van der Waals surface area contributed by atoms with E-state index in [1.54, 1.807) is 0 Å². The highest BCUT2D eigenvalue weighted by Gasteiger charge is 2.34. The fourth-order valence-electron chi connectivity index (χ4n) is 3.93. The summed E-state index contributed by atoms with van der Waals surface area (Å²) in [5, 5.41) is 0. The van der Waals surface area contributed by atoms with Crippen molar-refractivity contribution in [3.63, 3.8) is 0 Å². The van der Waals surface area contributed by atoms with Crippen LogP contribution in [0.15, 0.2) is 24.3 Å². The number of hydrogen-bond acceptors (Lipinski definition) is 3. The van der Waals surface area contributed by atoms with Gasteiger partial charge in [0.15, 0.2) is 0 Å². The van der Waals surface area contributed by atoms with Crippen LogP contribution in [0.3, 0.4) is 0 Å². The molecule has 3 heterocycles. The van der Waals surface area contributed by atoms with Crippen LogP contribution in [0.2, 0.25) is 0 Å². The molecule has 20 heavy (non-hydrogen) atoms. The minimum absolute atomic E-state index is 0.782. The van der Waals surface area contributed by atoms with Crippen molar-refractivity contribution in [1.29, 1.82) is 0 Å². The molecule has 4 nitrogen and oxygen atoms in total. The maximum Gasteiger partial charge on any atom is 0.203 e. The molecule has 1 aromatic carbocycles. The minimum atomic E-state index is 0.782. The van der Waals surface area contributed by atoms with Crippen molar-refractivity contribution in [2.24, 2.45) is 5.92 Å². The second-order valence-corrected chi connectivity index (χ2v) is 6.26. The number of H-pyrrole nitrogens is 1. The highest BCUT2D eigenvalue weighted by atomic mass is 15.3. The minimum Gasteiger partial charge on any atom is -0.342 e. The summed E-state index contributed by atoms with van der Waals surface area (Å²) in [6.45, 7) is 3.53. The van der Waals surface area contributed by atoms with Gasteiger partial charge < -0.3 is 14.8 Å². The highest BCUT2D eigenvalue weighted by molar-refractivity contribution is 5.77. The Morgan fingerprint density at radius 3 is 3.00 bits per heavy atom. The quantitative estimate of drug-likeness (QED) is 0.864. The normalized spacial score (nSPS) is 27.8. The third kappa shape index (κ3) is 1.99. The van der Waals surface area contributed by atoms with E-state index < -0.39 is 0 Å². The van der Waals surface area contributed by atoms with Gasteiger partial charge in [-0.2, -0.15) is 0 Å². The molecule has 4 heteroatoms. The number of piperidine rings is 2. The van der Waals surface area contributed by atoms with Crippen molar-refractivity contribution < 1.29 is 0 Å². The van der Waals surface area contributed by atoms with E-state index in [-0.39, 0.29) is 0 Å². The first-order valence-electron chi connectivity index (χ1n) is 7.71. The van der Waals surface area contributed by atoms with Gasteiger partial charge >= 0.3 is 0 Å². The number of nitrogens with one attached hydrogen (secondary N) is 1. The summed E-state index contributed by atoms with van der Waals surface area (Å²) in [4.78, 5) is 13.2. The predicted octanol–water partition coefficient (Wildman–Crippen LogP) is 2.48. The van der Waals surface area contributed by atoms with E-state index in [0.29, 0.717) is 0 Å². The fourth-order valence-corrected chi connectivity index (χ4v) is 3.93. The van der Waals surface area contributed by atoms with Gasteiger partial charge in [-0.1, -0.05) is 12.1 Å². The Kier molecular flexibility index (Phi) is 2.91. The monoisotopic (exact) mass is 270 g/mol. The molecule has 4 rings (SSSR count). The molecule has 0 unspecified atom stereocenters. The third-order valence-electron chi connectivity index (χ3n) is 5.02. The topological polar surface area (TPSA) is 35.2 Å². The number of para-hydroxylation sites is 2. The average Bonchev–Trinajstić information content (AvgIpc) is 2.91. The number of aromatic nitrogens is 2. The molecule has 2 fully saturated rings. The number of likely N-dealkylation sites (tertiary alicyclic amines) is 1. The lowest BCUT2D eigenvalue weighted by Gasteiger charge is -2.45. The molecule has 106 valence electrons. The SMILES string of the molecule is CN1CCC[C@@H]2CN(c3nc4ccccc4[nH]3)CC[C@@H]21. The molecule has 0 spiro atoms. The van der Waals surface area contributed by atoms with E-state index in [4.69, 9.17) is 4.98 Å². The third-order valence-corrected chi connectivity index (χ3v) is 5.02. The number of hydrogen-bond donors (Lipinski definition) is 1. The Morgan fingerprint density at radius 2 is 2.10 bits per heavy atom. The van der Waals surface area contributed by atoms with E-state index >= 15 is 0 Å². The van der Waals surface area contributed by atoms with E-state index in [0.717, 1.165) is 42.0 Å². The highest BCUT2D eigenvalue weighted by Crippen LogP contribution is 2.31. The molecule has 0 amide bonds. The summed E-state index contributed by atoms with van der Waals surface area (Å²) >= 11 is 0. The van der Waals surface area contributed by atoms with Gasteiger partial charge in [0.2, 0.25) is 5.95 Å². The zero-order valence-electron chi connectivity index (χ0n) is 12.0. The summed E-state index contributed by atoms with van der Waals surface area (Å²) in [5.41, 5.74) is 2.22. The zero-order valence-corrected chi connectivity index (χ0v) is 12.0. The summed E-state index contributed by atoms with van der Waals surface area (Å²) in [6.07, 6.45) is 3.97. The first-order valence-corrected chi connectivity index (χ1v) is 7.71. The lowest BCUT2D eigenvalue weighted by Crippen LogP contribution is -2.53. The molecule has 1 N–H and O–H groups in total. The number of nitrogens with zero attached hydrogens (tertiary/aromatic N) is 3. The van der Waals surface area contributed by atoms with Crippen LogP contribution in [0.4, 0.5) is 5.95 Å². The van der Waals surface area contributed by atoms with E-state index in [2.05, 4.69) is 46.1 Å². The van der Waals surface area contributed by atoms with Crippen molar-refractivity contribution in [3.05, 3.63) is 24.3 Å². The van der Waals surface area contributed by atoms with Gasteiger partial charge in [-0.05, 0) is 50.9 Å². The lowest BCUT2D eigenvalue weighted by molar-refractivity contribution is 0.102. The standard InChI is InChI=1S/C16H22N4/c1-19-9-4-5-12-11-20(10-8-15(12)19)16-17-13-6-2-3-7-14(13)18-16/h2-3,6-7,12,15H,4-5,8-11H2,1H3,(H,17,18)/t12-,15+/m1/s1. The number of imidazole rings is 1. The first-order chi connectivity index (χ1) is 9.81. The van der Waals surface area contributed by atoms with Crippen LogP contribution in [0.1, 0.15) is 19.3 Å². The largest absolute Gasteiger partial charge is 0.342 e. The lowest BCUT2D eigenvalue weighted by atomic mass is 9.84. The van der Waals surface area contributed by atoms with Gasteiger partial charge in [0.25, 0.3) is 0 Å².